The molecule has 0 radical (unpaired) electrons. The Morgan fingerprint density at radius 2 is 1.61 bits per heavy atom. The van der Waals surface area contributed by atoms with Crippen LogP contribution in [-0.4, -0.2) is 66.5 Å². The van der Waals surface area contributed by atoms with E-state index in [1.54, 1.807) is 7.11 Å². The van der Waals surface area contributed by atoms with E-state index in [4.69, 9.17) is 4.74 Å². The molecule has 7 heteroatoms. The van der Waals surface area contributed by atoms with Crippen molar-refractivity contribution in [3.05, 3.63) is 65.7 Å². The second kappa shape index (κ2) is 9.33. The Bertz CT molecular complexity index is 1060. The summed E-state index contributed by atoms with van der Waals surface area (Å²) in [7, 11) is 5.90. The van der Waals surface area contributed by atoms with Gasteiger partial charge in [0.2, 0.25) is 5.92 Å². The molecule has 3 aliphatic rings. The van der Waals surface area contributed by atoms with Crippen molar-refractivity contribution in [3.63, 3.8) is 0 Å². The number of hydrogen-bond donors (Lipinski definition) is 0. The van der Waals surface area contributed by atoms with Crippen LogP contribution in [0.15, 0.2) is 54.6 Å². The molecule has 2 aliphatic carbocycles. The van der Waals surface area contributed by atoms with E-state index >= 15 is 0 Å². The lowest BCUT2D eigenvalue weighted by atomic mass is 9.68. The predicted molar refractivity (Wildman–Crippen MR) is 136 cm³/mol. The van der Waals surface area contributed by atoms with Gasteiger partial charge in [-0.25, -0.2) is 13.6 Å². The second-order valence-electron chi connectivity index (χ2n) is 11.2. The number of hydrogen-bond acceptors (Lipinski definition) is 3. The number of halogens is 2. The van der Waals surface area contributed by atoms with Crippen LogP contribution in [0.2, 0.25) is 0 Å². The smallest absolute Gasteiger partial charge is 0.320 e. The number of methoxy groups -OCH3 is 1. The molecule has 194 valence electrons. The number of carbonyl (C=O) groups is 1. The van der Waals surface area contributed by atoms with Crippen LogP contribution in [0.1, 0.15) is 49.7 Å². The van der Waals surface area contributed by atoms with Gasteiger partial charge in [-0.05, 0) is 69.0 Å². The fourth-order valence-corrected chi connectivity index (χ4v) is 6.70. The lowest BCUT2D eigenvalue weighted by molar-refractivity contribution is -0.118. The van der Waals surface area contributed by atoms with Crippen molar-refractivity contribution in [3.8, 4) is 5.75 Å². The van der Waals surface area contributed by atoms with Crippen molar-refractivity contribution in [2.75, 3.05) is 34.3 Å². The minimum atomic E-state index is -2.58. The highest BCUT2D eigenvalue weighted by Gasteiger charge is 2.56. The van der Waals surface area contributed by atoms with Gasteiger partial charge >= 0.3 is 6.03 Å². The Morgan fingerprint density at radius 3 is 2.17 bits per heavy atom. The van der Waals surface area contributed by atoms with E-state index in [-0.39, 0.29) is 35.9 Å². The number of carbonyl (C=O) groups excluding carboxylic acids is 1. The lowest BCUT2D eigenvalue weighted by Gasteiger charge is -2.52. The van der Waals surface area contributed by atoms with Gasteiger partial charge in [0, 0.05) is 38.0 Å². The third-order valence-electron chi connectivity index (χ3n) is 8.88. The van der Waals surface area contributed by atoms with E-state index < -0.39 is 5.92 Å². The van der Waals surface area contributed by atoms with Crippen LogP contribution in [0.25, 0.3) is 0 Å². The summed E-state index contributed by atoms with van der Waals surface area (Å²) in [6, 6.07) is 18.4. The number of amides is 2. The van der Waals surface area contributed by atoms with E-state index in [9.17, 15) is 13.6 Å². The van der Waals surface area contributed by atoms with E-state index in [1.165, 1.54) is 5.56 Å². The van der Waals surface area contributed by atoms with Gasteiger partial charge in [0.25, 0.3) is 0 Å². The third kappa shape index (κ3) is 4.47. The average Bonchev–Trinajstić information content (AvgIpc) is 3.10. The van der Waals surface area contributed by atoms with Crippen LogP contribution in [0, 0.1) is 5.92 Å². The molecular formula is C29H37F2N3O2. The summed E-state index contributed by atoms with van der Waals surface area (Å²) in [6.07, 6.45) is 3.33. The number of rotatable bonds is 7. The highest BCUT2D eigenvalue weighted by molar-refractivity contribution is 5.78. The average molecular weight is 498 g/mol. The zero-order valence-electron chi connectivity index (χ0n) is 21.6. The zero-order chi connectivity index (χ0) is 25.6. The fourth-order valence-electron chi connectivity index (χ4n) is 6.70. The fraction of sp³-hybridized carbons (Fsp3) is 0.552. The molecule has 1 saturated heterocycles. The summed E-state index contributed by atoms with van der Waals surface area (Å²) in [4.78, 5) is 19.9. The molecule has 1 heterocycles. The molecule has 2 aromatic carbocycles. The molecule has 0 aromatic heterocycles. The summed E-state index contributed by atoms with van der Waals surface area (Å²) in [5.74, 6) is -1.93. The summed E-state index contributed by atoms with van der Waals surface area (Å²) < 4.78 is 32.6. The number of ether oxygens (including phenoxy) is 1. The molecule has 1 spiro atoms. The third-order valence-corrected chi connectivity index (χ3v) is 8.88. The second-order valence-corrected chi connectivity index (χ2v) is 11.2. The Morgan fingerprint density at radius 1 is 0.972 bits per heavy atom. The molecule has 5 rings (SSSR count). The van der Waals surface area contributed by atoms with Crippen LogP contribution >= 0.6 is 0 Å². The van der Waals surface area contributed by atoms with Gasteiger partial charge in [-0.1, -0.05) is 42.5 Å². The molecule has 0 atom stereocenters. The van der Waals surface area contributed by atoms with E-state index in [1.807, 2.05) is 40.1 Å². The summed E-state index contributed by atoms with van der Waals surface area (Å²) in [5.41, 5.74) is 1.94. The van der Waals surface area contributed by atoms with Crippen molar-refractivity contribution >= 4 is 6.03 Å². The molecule has 36 heavy (non-hydrogen) atoms. The van der Waals surface area contributed by atoms with E-state index in [0.717, 1.165) is 37.0 Å². The summed E-state index contributed by atoms with van der Waals surface area (Å²) in [6.45, 7) is 1.58. The Kier molecular flexibility index (Phi) is 6.48. The molecule has 2 saturated carbocycles. The van der Waals surface area contributed by atoms with Crippen molar-refractivity contribution in [1.29, 1.82) is 0 Å². The Labute approximate surface area is 213 Å². The van der Waals surface area contributed by atoms with Gasteiger partial charge < -0.3 is 14.5 Å². The van der Waals surface area contributed by atoms with Crippen molar-refractivity contribution in [2.24, 2.45) is 5.92 Å². The Hall–Kier alpha value is -2.67. The first-order valence-electron chi connectivity index (χ1n) is 13.0. The molecule has 0 unspecified atom stereocenters. The molecular weight excluding hydrogens is 460 g/mol. The van der Waals surface area contributed by atoms with Gasteiger partial charge in [-0.2, -0.15) is 0 Å². The predicted octanol–water partition coefficient (Wildman–Crippen LogP) is 5.75. The lowest BCUT2D eigenvalue weighted by Crippen LogP contribution is -2.57. The number of nitrogens with zero attached hydrogens (tertiary/aromatic N) is 3. The first kappa shape index (κ1) is 25.0. The highest BCUT2D eigenvalue weighted by Crippen LogP contribution is 2.51. The standard InChI is InChI=1S/C29H37F2N3O2/c1-32(2)28(24-7-5-4-6-8-24)15-13-27(14-16-28)21-33(19-22-9-11-25(36-3)12-10-22)26(35)34(27)20-23-17-29(30,31)18-23/h4-12,23H,13-21H2,1-3H3/t27-,28+. The monoisotopic (exact) mass is 497 g/mol. The van der Waals surface area contributed by atoms with Crippen molar-refractivity contribution < 1.29 is 18.3 Å². The van der Waals surface area contributed by atoms with Crippen molar-refractivity contribution in [2.45, 2.75) is 62.1 Å². The van der Waals surface area contributed by atoms with E-state index in [2.05, 4.69) is 43.3 Å². The first-order valence-corrected chi connectivity index (χ1v) is 13.0. The van der Waals surface area contributed by atoms with Gasteiger partial charge in [-0.3, -0.25) is 4.90 Å². The maximum Gasteiger partial charge on any atom is 0.320 e. The van der Waals surface area contributed by atoms with Crippen LogP contribution in [0.4, 0.5) is 13.6 Å². The molecule has 0 bridgehead atoms. The van der Waals surface area contributed by atoms with Crippen LogP contribution < -0.4 is 4.74 Å². The van der Waals surface area contributed by atoms with Gasteiger partial charge in [-0.15, -0.1) is 0 Å². The minimum absolute atomic E-state index is 0.0156. The largest absolute Gasteiger partial charge is 0.497 e. The summed E-state index contributed by atoms with van der Waals surface area (Å²) in [5, 5.41) is 0. The topological polar surface area (TPSA) is 36.0 Å². The van der Waals surface area contributed by atoms with Gasteiger partial charge in [0.15, 0.2) is 0 Å². The van der Waals surface area contributed by atoms with Crippen LogP contribution in [0.3, 0.4) is 0 Å². The molecule has 1 aliphatic heterocycles. The van der Waals surface area contributed by atoms with Gasteiger partial charge in [0.05, 0.1) is 12.6 Å². The first-order chi connectivity index (χ1) is 17.2. The molecule has 2 amide bonds. The number of benzene rings is 2. The maximum absolute atomic E-state index is 13.7. The maximum atomic E-state index is 13.7. The SMILES string of the molecule is COc1ccc(CN2C[C@]3(CC[C@](c4ccccc4)(N(C)C)CC3)N(CC3CC(F)(F)C3)C2=O)cc1. The minimum Gasteiger partial charge on any atom is -0.497 e. The molecule has 0 N–H and O–H groups in total. The normalized spacial score (nSPS) is 22.8. The Balaban J connectivity index is 1.39. The van der Waals surface area contributed by atoms with Crippen LogP contribution in [0.5, 0.6) is 5.75 Å². The van der Waals surface area contributed by atoms with Crippen molar-refractivity contribution in [1.82, 2.24) is 14.7 Å². The number of alkyl halides is 2. The highest BCUT2D eigenvalue weighted by atomic mass is 19.3. The molecule has 5 nitrogen and oxygen atoms in total. The zero-order valence-corrected chi connectivity index (χ0v) is 21.6. The van der Waals surface area contributed by atoms with Crippen LogP contribution in [-0.2, 0) is 12.1 Å². The number of urea groups is 1. The molecule has 3 fully saturated rings. The van der Waals surface area contributed by atoms with E-state index in [0.29, 0.717) is 19.6 Å². The summed E-state index contributed by atoms with van der Waals surface area (Å²) >= 11 is 0. The quantitative estimate of drug-likeness (QED) is 0.489. The molecule has 2 aromatic rings. The van der Waals surface area contributed by atoms with Gasteiger partial charge in [0.1, 0.15) is 5.75 Å².